The maximum Gasteiger partial charge on any atom is 0.339 e. The highest BCUT2D eigenvalue weighted by Crippen LogP contribution is 2.18. The third-order valence-corrected chi connectivity index (χ3v) is 3.66. The van der Waals surface area contributed by atoms with E-state index < -0.39 is 24.5 Å². The minimum atomic E-state index is -0.685. The summed E-state index contributed by atoms with van der Waals surface area (Å²) in [5.41, 5.74) is 1.68. The number of benzene rings is 1. The quantitative estimate of drug-likeness (QED) is 0.775. The Morgan fingerprint density at radius 1 is 1.19 bits per heavy atom. The molecule has 26 heavy (non-hydrogen) atoms. The number of ether oxygens (including phenoxy) is 1. The number of aryl methyl sites for hydroxylation is 1. The van der Waals surface area contributed by atoms with E-state index in [1.165, 1.54) is 0 Å². The Kier molecular flexibility index (Phi) is 6.66. The van der Waals surface area contributed by atoms with Gasteiger partial charge in [0.2, 0.25) is 0 Å². The first-order valence-corrected chi connectivity index (χ1v) is 8.48. The van der Waals surface area contributed by atoms with E-state index in [9.17, 15) is 14.4 Å². The maximum absolute atomic E-state index is 12.3. The SMILES string of the molecule is Cc1cc(C(=O)OCC(=O)NC(=O)NCCC(C)C)c2ccccc2n1. The monoisotopic (exact) mass is 357 g/mol. The molecule has 1 aromatic carbocycles. The molecule has 0 aliphatic carbocycles. The number of pyridine rings is 1. The number of carbonyl (C=O) groups is 3. The van der Waals surface area contributed by atoms with Crippen LogP contribution in [0.25, 0.3) is 10.9 Å². The Balaban J connectivity index is 1.91. The smallest absolute Gasteiger partial charge is 0.339 e. The molecule has 0 saturated heterocycles. The summed E-state index contributed by atoms with van der Waals surface area (Å²) < 4.78 is 5.04. The highest BCUT2D eigenvalue weighted by molar-refractivity contribution is 6.04. The van der Waals surface area contributed by atoms with Crippen LogP contribution in [0.15, 0.2) is 30.3 Å². The molecule has 2 rings (SSSR count). The number of rotatable bonds is 6. The van der Waals surface area contributed by atoms with Gasteiger partial charge in [0.1, 0.15) is 0 Å². The van der Waals surface area contributed by atoms with Crippen LogP contribution in [0.3, 0.4) is 0 Å². The molecule has 2 aromatic rings. The Hall–Kier alpha value is -2.96. The zero-order valence-electron chi connectivity index (χ0n) is 15.2. The number of esters is 1. The van der Waals surface area contributed by atoms with Crippen molar-refractivity contribution in [2.24, 2.45) is 5.92 Å². The van der Waals surface area contributed by atoms with E-state index in [2.05, 4.69) is 15.6 Å². The predicted molar refractivity (Wildman–Crippen MR) is 97.8 cm³/mol. The van der Waals surface area contributed by atoms with Gasteiger partial charge in [0, 0.05) is 17.6 Å². The molecular weight excluding hydrogens is 334 g/mol. The molecule has 7 nitrogen and oxygen atoms in total. The molecule has 2 N–H and O–H groups in total. The molecule has 138 valence electrons. The number of aromatic nitrogens is 1. The largest absolute Gasteiger partial charge is 0.452 e. The fourth-order valence-electron chi connectivity index (χ4n) is 2.37. The molecule has 0 radical (unpaired) electrons. The number of amides is 3. The number of imide groups is 1. The molecular formula is C19H23N3O4. The van der Waals surface area contributed by atoms with Crippen molar-refractivity contribution in [3.8, 4) is 0 Å². The van der Waals surface area contributed by atoms with Crippen molar-refractivity contribution in [1.82, 2.24) is 15.6 Å². The van der Waals surface area contributed by atoms with Gasteiger partial charge in [0.15, 0.2) is 6.61 Å². The molecule has 0 atom stereocenters. The van der Waals surface area contributed by atoms with Gasteiger partial charge in [-0.1, -0.05) is 32.0 Å². The lowest BCUT2D eigenvalue weighted by Gasteiger charge is -2.10. The number of nitrogens with one attached hydrogen (secondary N) is 2. The summed E-state index contributed by atoms with van der Waals surface area (Å²) >= 11 is 0. The second-order valence-corrected chi connectivity index (χ2v) is 6.39. The molecule has 0 bridgehead atoms. The summed E-state index contributed by atoms with van der Waals surface area (Å²) in [6.45, 7) is 5.78. The van der Waals surface area contributed by atoms with Crippen molar-refractivity contribution < 1.29 is 19.1 Å². The van der Waals surface area contributed by atoms with Gasteiger partial charge in [-0.2, -0.15) is 0 Å². The normalized spacial score (nSPS) is 10.6. The van der Waals surface area contributed by atoms with Gasteiger partial charge < -0.3 is 10.1 Å². The average molecular weight is 357 g/mol. The summed E-state index contributed by atoms with van der Waals surface area (Å²) in [5, 5.41) is 5.35. The van der Waals surface area contributed by atoms with Gasteiger partial charge in [-0.25, -0.2) is 9.59 Å². The third kappa shape index (κ3) is 5.54. The lowest BCUT2D eigenvalue weighted by atomic mass is 10.1. The zero-order valence-corrected chi connectivity index (χ0v) is 15.2. The first kappa shape index (κ1) is 19.4. The summed E-state index contributed by atoms with van der Waals surface area (Å²) in [6.07, 6.45) is 0.811. The number of fused-ring (bicyclic) bond motifs is 1. The maximum atomic E-state index is 12.3. The molecule has 7 heteroatoms. The minimum Gasteiger partial charge on any atom is -0.452 e. The molecule has 0 fully saturated rings. The molecule has 1 heterocycles. The van der Waals surface area contributed by atoms with Crippen LogP contribution in [0.1, 0.15) is 36.3 Å². The Bertz CT molecular complexity index is 818. The third-order valence-electron chi connectivity index (χ3n) is 3.66. The van der Waals surface area contributed by atoms with Crippen molar-refractivity contribution in [1.29, 1.82) is 0 Å². The first-order valence-electron chi connectivity index (χ1n) is 8.48. The average Bonchev–Trinajstić information content (AvgIpc) is 2.58. The molecule has 0 spiro atoms. The van der Waals surface area contributed by atoms with Crippen LogP contribution in [-0.2, 0) is 9.53 Å². The van der Waals surface area contributed by atoms with E-state index in [0.29, 0.717) is 34.6 Å². The lowest BCUT2D eigenvalue weighted by molar-refractivity contribution is -0.123. The highest BCUT2D eigenvalue weighted by Gasteiger charge is 2.16. The van der Waals surface area contributed by atoms with Gasteiger partial charge in [-0.15, -0.1) is 0 Å². The van der Waals surface area contributed by atoms with Crippen LogP contribution in [0.2, 0.25) is 0 Å². The van der Waals surface area contributed by atoms with Crippen LogP contribution >= 0.6 is 0 Å². The second kappa shape index (κ2) is 8.94. The van der Waals surface area contributed by atoms with Crippen molar-refractivity contribution in [2.75, 3.05) is 13.2 Å². The number of carbonyl (C=O) groups excluding carboxylic acids is 3. The van der Waals surface area contributed by atoms with E-state index in [0.717, 1.165) is 6.42 Å². The van der Waals surface area contributed by atoms with Gasteiger partial charge in [-0.05, 0) is 31.4 Å². The summed E-state index contributed by atoms with van der Waals surface area (Å²) in [7, 11) is 0. The van der Waals surface area contributed by atoms with E-state index >= 15 is 0 Å². The molecule has 0 aliphatic rings. The van der Waals surface area contributed by atoms with Gasteiger partial charge in [0.05, 0.1) is 11.1 Å². The molecule has 3 amide bonds. The summed E-state index contributed by atoms with van der Waals surface area (Å²) in [4.78, 5) is 40.0. The number of nitrogens with zero attached hydrogens (tertiary/aromatic N) is 1. The van der Waals surface area contributed by atoms with Crippen molar-refractivity contribution in [2.45, 2.75) is 27.2 Å². The molecule has 0 saturated carbocycles. The van der Waals surface area contributed by atoms with Crippen LogP contribution in [0.5, 0.6) is 0 Å². The number of hydrogen-bond donors (Lipinski definition) is 2. The number of hydrogen-bond acceptors (Lipinski definition) is 5. The van der Waals surface area contributed by atoms with Gasteiger partial charge in [0.25, 0.3) is 5.91 Å². The van der Waals surface area contributed by atoms with Crippen molar-refractivity contribution >= 4 is 28.8 Å². The standard InChI is InChI=1S/C19H23N3O4/c1-12(2)8-9-20-19(25)22-17(23)11-26-18(24)15-10-13(3)21-16-7-5-4-6-14(15)16/h4-7,10,12H,8-9,11H2,1-3H3,(H2,20,22,23,25). The summed E-state index contributed by atoms with van der Waals surface area (Å²) in [5.74, 6) is -0.872. The van der Waals surface area contributed by atoms with Crippen LogP contribution in [0.4, 0.5) is 4.79 Å². The highest BCUT2D eigenvalue weighted by atomic mass is 16.5. The zero-order chi connectivity index (χ0) is 19.1. The van der Waals surface area contributed by atoms with E-state index in [1.54, 1.807) is 31.2 Å². The van der Waals surface area contributed by atoms with Crippen LogP contribution in [0, 0.1) is 12.8 Å². The molecule has 0 unspecified atom stereocenters. The van der Waals surface area contributed by atoms with Crippen molar-refractivity contribution in [3.63, 3.8) is 0 Å². The second-order valence-electron chi connectivity index (χ2n) is 6.39. The Morgan fingerprint density at radius 3 is 2.65 bits per heavy atom. The van der Waals surface area contributed by atoms with Crippen LogP contribution in [-0.4, -0.2) is 36.0 Å². The summed E-state index contributed by atoms with van der Waals surface area (Å²) in [6, 6.07) is 8.20. The number of urea groups is 1. The first-order chi connectivity index (χ1) is 12.4. The Morgan fingerprint density at radius 2 is 1.92 bits per heavy atom. The fourth-order valence-corrected chi connectivity index (χ4v) is 2.37. The van der Waals surface area contributed by atoms with E-state index in [1.807, 2.05) is 19.9 Å². The van der Waals surface area contributed by atoms with E-state index in [-0.39, 0.29) is 0 Å². The minimum absolute atomic E-state index is 0.335. The molecule has 0 aliphatic heterocycles. The molecule has 1 aromatic heterocycles. The topological polar surface area (TPSA) is 97.4 Å². The van der Waals surface area contributed by atoms with Crippen molar-refractivity contribution in [3.05, 3.63) is 41.6 Å². The Labute approximate surface area is 152 Å². The van der Waals surface area contributed by atoms with Gasteiger partial charge >= 0.3 is 12.0 Å². The number of para-hydroxylation sites is 1. The van der Waals surface area contributed by atoms with E-state index in [4.69, 9.17) is 4.74 Å². The lowest BCUT2D eigenvalue weighted by Crippen LogP contribution is -2.42. The fraction of sp³-hybridized carbons (Fsp3) is 0.368. The van der Waals surface area contributed by atoms with Crippen LogP contribution < -0.4 is 10.6 Å². The van der Waals surface area contributed by atoms with Gasteiger partial charge in [-0.3, -0.25) is 15.1 Å². The predicted octanol–water partition coefficient (Wildman–Crippen LogP) is 2.57.